The summed E-state index contributed by atoms with van der Waals surface area (Å²) in [5, 5.41) is 0. The van der Waals surface area contributed by atoms with Crippen molar-refractivity contribution in [3.63, 3.8) is 0 Å². The largest absolute Gasteiger partial charge is 0.345 e. The highest BCUT2D eigenvalue weighted by Gasteiger charge is 2.57. The van der Waals surface area contributed by atoms with Gasteiger partial charge < -0.3 is 4.90 Å². The van der Waals surface area contributed by atoms with Crippen LogP contribution < -0.4 is 0 Å². The van der Waals surface area contributed by atoms with Gasteiger partial charge in [-0.05, 0) is 12.0 Å². The highest BCUT2D eigenvalue weighted by molar-refractivity contribution is 7.88. The van der Waals surface area contributed by atoms with E-state index >= 15 is 0 Å². The van der Waals surface area contributed by atoms with Gasteiger partial charge in [0.1, 0.15) is 0 Å². The molecule has 2 aliphatic rings. The molecule has 5 nitrogen and oxygen atoms in total. The Morgan fingerprint density at radius 2 is 1.90 bits per heavy atom. The van der Waals surface area contributed by atoms with Gasteiger partial charge in [0.15, 0.2) is 0 Å². The zero-order chi connectivity index (χ0) is 15.3. The maximum atomic E-state index is 12.7. The van der Waals surface area contributed by atoms with Crippen molar-refractivity contribution in [1.82, 2.24) is 9.21 Å². The average molecular weight is 308 g/mol. The van der Waals surface area contributed by atoms with Crippen LogP contribution in [-0.2, 0) is 14.8 Å². The van der Waals surface area contributed by atoms with Gasteiger partial charge in [-0.3, -0.25) is 4.79 Å². The number of carbonyl (C=O) groups is 1. The molecule has 0 N–H and O–H groups in total. The molecule has 21 heavy (non-hydrogen) atoms. The fourth-order valence-electron chi connectivity index (χ4n) is 3.66. The van der Waals surface area contributed by atoms with Gasteiger partial charge >= 0.3 is 0 Å². The Kier molecular flexibility index (Phi) is 3.33. The zero-order valence-electron chi connectivity index (χ0n) is 12.3. The third kappa shape index (κ3) is 2.26. The van der Waals surface area contributed by atoms with Crippen LogP contribution in [0.4, 0.5) is 0 Å². The first-order chi connectivity index (χ1) is 9.84. The van der Waals surface area contributed by atoms with Gasteiger partial charge in [0, 0.05) is 32.6 Å². The van der Waals surface area contributed by atoms with Crippen LogP contribution in [0.15, 0.2) is 30.3 Å². The minimum atomic E-state index is -3.29. The van der Waals surface area contributed by atoms with Crippen molar-refractivity contribution in [2.45, 2.75) is 12.3 Å². The predicted octanol–water partition coefficient (Wildman–Crippen LogP) is 0.894. The van der Waals surface area contributed by atoms with E-state index in [9.17, 15) is 13.2 Å². The van der Waals surface area contributed by atoms with Gasteiger partial charge in [-0.15, -0.1) is 0 Å². The summed E-state index contributed by atoms with van der Waals surface area (Å²) in [5.41, 5.74) is 0.450. The van der Waals surface area contributed by atoms with E-state index in [1.54, 1.807) is 11.9 Å². The first kappa shape index (κ1) is 14.5. The molecule has 2 atom stereocenters. The summed E-state index contributed by atoms with van der Waals surface area (Å²) in [4.78, 5) is 14.4. The molecule has 1 spiro atoms. The number of amides is 1. The number of hydrogen-bond acceptors (Lipinski definition) is 3. The number of likely N-dealkylation sites (tertiary alicyclic amines) is 1. The Balaban J connectivity index is 2.05. The van der Waals surface area contributed by atoms with Crippen molar-refractivity contribution < 1.29 is 13.2 Å². The Morgan fingerprint density at radius 3 is 2.43 bits per heavy atom. The van der Waals surface area contributed by atoms with Crippen molar-refractivity contribution in [2.24, 2.45) is 5.41 Å². The maximum absolute atomic E-state index is 12.7. The standard InChI is InChI=1S/C15H20N2O3S/c1-16-9-8-15(14(16)18)11-17(21(2,19)20)10-13(15)12-6-4-3-5-7-12/h3-7,13H,8-11H2,1-2H3/t13-,15+/m0/s1. The lowest BCUT2D eigenvalue weighted by atomic mass is 9.73. The van der Waals surface area contributed by atoms with E-state index < -0.39 is 15.4 Å². The van der Waals surface area contributed by atoms with Crippen LogP contribution in [0.1, 0.15) is 17.9 Å². The molecule has 0 radical (unpaired) electrons. The van der Waals surface area contributed by atoms with E-state index in [0.717, 1.165) is 5.56 Å². The molecule has 2 aliphatic heterocycles. The normalized spacial score (nSPS) is 30.5. The summed E-state index contributed by atoms with van der Waals surface area (Å²) >= 11 is 0. The first-order valence-electron chi connectivity index (χ1n) is 7.10. The molecule has 1 aromatic carbocycles. The van der Waals surface area contributed by atoms with Crippen LogP contribution in [0.2, 0.25) is 0 Å². The topological polar surface area (TPSA) is 57.7 Å². The molecule has 0 saturated carbocycles. The smallest absolute Gasteiger partial charge is 0.230 e. The summed E-state index contributed by atoms with van der Waals surface area (Å²) in [6, 6.07) is 9.79. The molecular weight excluding hydrogens is 288 g/mol. The highest BCUT2D eigenvalue weighted by Crippen LogP contribution is 2.50. The molecule has 2 heterocycles. The minimum Gasteiger partial charge on any atom is -0.345 e. The van der Waals surface area contributed by atoms with E-state index in [4.69, 9.17) is 0 Å². The quantitative estimate of drug-likeness (QED) is 0.815. The van der Waals surface area contributed by atoms with Crippen molar-refractivity contribution in [3.05, 3.63) is 35.9 Å². The molecule has 2 saturated heterocycles. The SMILES string of the molecule is CN1CC[C@]2(CN(S(C)(=O)=O)C[C@H]2c2ccccc2)C1=O. The lowest BCUT2D eigenvalue weighted by Crippen LogP contribution is -2.39. The van der Waals surface area contributed by atoms with Gasteiger partial charge in [0.05, 0.1) is 11.7 Å². The molecule has 3 rings (SSSR count). The lowest BCUT2D eigenvalue weighted by Gasteiger charge is -2.28. The number of carbonyl (C=O) groups excluding carboxylic acids is 1. The third-order valence-corrected chi connectivity index (χ3v) is 6.06. The van der Waals surface area contributed by atoms with Crippen molar-refractivity contribution >= 4 is 15.9 Å². The molecule has 114 valence electrons. The second kappa shape index (κ2) is 4.81. The second-order valence-corrected chi connectivity index (χ2v) is 8.13. The van der Waals surface area contributed by atoms with E-state index in [1.165, 1.54) is 10.6 Å². The van der Waals surface area contributed by atoms with Crippen molar-refractivity contribution in [2.75, 3.05) is 32.9 Å². The van der Waals surface area contributed by atoms with Crippen molar-refractivity contribution in [3.8, 4) is 0 Å². The summed E-state index contributed by atoms with van der Waals surface area (Å²) in [5.74, 6) is 0.00776. The van der Waals surface area contributed by atoms with Gasteiger partial charge in [-0.25, -0.2) is 12.7 Å². The molecule has 6 heteroatoms. The summed E-state index contributed by atoms with van der Waals surface area (Å²) in [6.45, 7) is 1.39. The lowest BCUT2D eigenvalue weighted by molar-refractivity contribution is -0.134. The molecule has 1 aromatic rings. The number of hydrogen-bond donors (Lipinski definition) is 0. The molecule has 0 aliphatic carbocycles. The van der Waals surface area contributed by atoms with Crippen LogP contribution in [0.3, 0.4) is 0 Å². The number of sulfonamides is 1. The van der Waals surface area contributed by atoms with Crippen LogP contribution in [0.5, 0.6) is 0 Å². The van der Waals surface area contributed by atoms with Gasteiger partial charge in [-0.2, -0.15) is 0 Å². The molecule has 0 bridgehead atoms. The Labute approximate surface area is 125 Å². The maximum Gasteiger partial charge on any atom is 0.230 e. The first-order valence-corrected chi connectivity index (χ1v) is 8.95. The molecular formula is C15H20N2O3S. The number of nitrogens with zero attached hydrogens (tertiary/aromatic N) is 2. The van der Waals surface area contributed by atoms with Gasteiger partial charge in [0.25, 0.3) is 0 Å². The Hall–Kier alpha value is -1.40. The number of benzene rings is 1. The van der Waals surface area contributed by atoms with Crippen LogP contribution in [-0.4, -0.2) is 56.5 Å². The summed E-state index contributed by atoms with van der Waals surface area (Å²) in [6.07, 6.45) is 1.94. The summed E-state index contributed by atoms with van der Waals surface area (Å²) < 4.78 is 25.3. The van der Waals surface area contributed by atoms with E-state index in [1.807, 2.05) is 30.3 Å². The van der Waals surface area contributed by atoms with Crippen LogP contribution in [0, 0.1) is 5.41 Å². The average Bonchev–Trinajstić information content (AvgIpc) is 2.97. The van der Waals surface area contributed by atoms with E-state index in [-0.39, 0.29) is 11.8 Å². The molecule has 0 unspecified atom stereocenters. The fraction of sp³-hybridized carbons (Fsp3) is 0.533. The molecule has 2 fully saturated rings. The molecule has 1 amide bonds. The van der Waals surface area contributed by atoms with Crippen LogP contribution >= 0.6 is 0 Å². The van der Waals surface area contributed by atoms with Gasteiger partial charge in [0.2, 0.25) is 15.9 Å². The fourth-order valence-corrected chi connectivity index (χ4v) is 4.54. The Bertz CT molecular complexity index is 659. The minimum absolute atomic E-state index is 0.0640. The monoisotopic (exact) mass is 308 g/mol. The highest BCUT2D eigenvalue weighted by atomic mass is 32.2. The zero-order valence-corrected chi connectivity index (χ0v) is 13.1. The second-order valence-electron chi connectivity index (χ2n) is 6.15. The van der Waals surface area contributed by atoms with Crippen LogP contribution in [0.25, 0.3) is 0 Å². The van der Waals surface area contributed by atoms with Crippen molar-refractivity contribution in [1.29, 1.82) is 0 Å². The third-order valence-electron chi connectivity index (χ3n) is 4.85. The van der Waals surface area contributed by atoms with E-state index in [0.29, 0.717) is 26.1 Å². The molecule has 0 aromatic heterocycles. The van der Waals surface area contributed by atoms with E-state index in [2.05, 4.69) is 0 Å². The summed E-state index contributed by atoms with van der Waals surface area (Å²) in [7, 11) is -1.49. The predicted molar refractivity (Wildman–Crippen MR) is 80.3 cm³/mol. The number of rotatable bonds is 2. The Morgan fingerprint density at radius 1 is 1.24 bits per heavy atom. The van der Waals surface area contributed by atoms with Gasteiger partial charge in [-0.1, -0.05) is 30.3 Å².